The van der Waals surface area contributed by atoms with Gasteiger partial charge in [-0.25, -0.2) is 0 Å². The van der Waals surface area contributed by atoms with Gasteiger partial charge in [0.1, 0.15) is 18.0 Å². The highest BCUT2D eigenvalue weighted by Crippen LogP contribution is 2.20. The average molecular weight is 370 g/mol. The molecule has 1 atom stereocenters. The number of carbonyl (C=O) groups excluding carboxylic acids is 1. The van der Waals surface area contributed by atoms with Crippen molar-refractivity contribution in [1.82, 2.24) is 0 Å². The average Bonchev–Trinajstić information content (AvgIpc) is 2.60. The molecule has 5 nitrogen and oxygen atoms in total. The summed E-state index contributed by atoms with van der Waals surface area (Å²) in [5.74, 6) is -1.62. The Labute approximate surface area is 159 Å². The lowest BCUT2D eigenvalue weighted by Crippen LogP contribution is -2.28. The van der Waals surface area contributed by atoms with Crippen LogP contribution in [-0.2, 0) is 27.4 Å². The third kappa shape index (κ3) is 7.52. The van der Waals surface area contributed by atoms with Crippen molar-refractivity contribution in [3.63, 3.8) is 0 Å². The molecule has 1 N–H and O–H groups in total. The third-order valence-corrected chi connectivity index (χ3v) is 3.84. The molecule has 0 fully saturated rings. The summed E-state index contributed by atoms with van der Waals surface area (Å²) in [5, 5.41) is 9.41. The molecule has 0 heterocycles. The normalized spacial score (nSPS) is 12.3. The lowest BCUT2D eigenvalue weighted by atomic mass is 9.96. The van der Waals surface area contributed by atoms with Crippen LogP contribution in [0.25, 0.3) is 0 Å². The molecular weight excluding hydrogens is 344 g/mol. The number of aliphatic carboxylic acids is 1. The van der Waals surface area contributed by atoms with Crippen LogP contribution in [0.4, 0.5) is 0 Å². The topological polar surface area (TPSA) is 72.8 Å². The number of carboxylic acids is 1. The number of esters is 1. The fourth-order valence-corrected chi connectivity index (χ4v) is 2.58. The second kappa shape index (κ2) is 9.21. The predicted molar refractivity (Wildman–Crippen MR) is 103 cm³/mol. The second-order valence-electron chi connectivity index (χ2n) is 7.45. The Morgan fingerprint density at radius 2 is 1.59 bits per heavy atom. The van der Waals surface area contributed by atoms with Gasteiger partial charge in [0.2, 0.25) is 0 Å². The van der Waals surface area contributed by atoms with E-state index in [9.17, 15) is 14.7 Å². The summed E-state index contributed by atoms with van der Waals surface area (Å²) in [6, 6.07) is 17.1. The monoisotopic (exact) mass is 370 g/mol. The molecule has 0 radical (unpaired) electrons. The molecule has 0 aliphatic carbocycles. The molecule has 0 bridgehead atoms. The van der Waals surface area contributed by atoms with E-state index in [1.165, 1.54) is 0 Å². The Morgan fingerprint density at radius 1 is 0.963 bits per heavy atom. The van der Waals surface area contributed by atoms with E-state index in [2.05, 4.69) is 0 Å². The molecule has 2 aromatic carbocycles. The zero-order valence-corrected chi connectivity index (χ0v) is 16.0. The molecule has 0 aromatic heterocycles. The first kappa shape index (κ1) is 20.5. The number of ether oxygens (including phenoxy) is 2. The smallest absolute Gasteiger partial charge is 0.307 e. The van der Waals surface area contributed by atoms with E-state index in [0.29, 0.717) is 12.4 Å². The van der Waals surface area contributed by atoms with Gasteiger partial charge in [-0.05, 0) is 50.5 Å². The molecule has 5 heteroatoms. The van der Waals surface area contributed by atoms with Gasteiger partial charge in [0.25, 0.3) is 0 Å². The maximum Gasteiger partial charge on any atom is 0.307 e. The van der Waals surface area contributed by atoms with Crippen molar-refractivity contribution in [3.8, 4) is 5.75 Å². The van der Waals surface area contributed by atoms with Crippen LogP contribution in [0, 0.1) is 5.92 Å². The number of carboxylic acid groups (broad SMARTS) is 1. The summed E-state index contributed by atoms with van der Waals surface area (Å²) in [5.41, 5.74) is 1.28. The highest BCUT2D eigenvalue weighted by Gasteiger charge is 2.25. The van der Waals surface area contributed by atoms with Crippen molar-refractivity contribution in [1.29, 1.82) is 0 Å². The second-order valence-corrected chi connectivity index (χ2v) is 7.45. The zero-order valence-electron chi connectivity index (χ0n) is 16.0. The van der Waals surface area contributed by atoms with Gasteiger partial charge in [-0.2, -0.15) is 0 Å². The summed E-state index contributed by atoms with van der Waals surface area (Å²) in [6.07, 6.45) is 0.104. The minimum absolute atomic E-state index is 0.154. The molecule has 0 saturated heterocycles. The molecule has 2 rings (SSSR count). The summed E-state index contributed by atoms with van der Waals surface area (Å²) in [6.45, 7) is 5.75. The van der Waals surface area contributed by atoms with Crippen molar-refractivity contribution in [2.45, 2.75) is 45.8 Å². The Hall–Kier alpha value is -2.82. The maximum absolute atomic E-state index is 11.9. The van der Waals surface area contributed by atoms with Gasteiger partial charge < -0.3 is 14.6 Å². The number of hydrogen-bond acceptors (Lipinski definition) is 4. The van der Waals surface area contributed by atoms with E-state index >= 15 is 0 Å². The third-order valence-electron chi connectivity index (χ3n) is 3.84. The molecule has 27 heavy (non-hydrogen) atoms. The molecule has 0 aliphatic rings. The van der Waals surface area contributed by atoms with Crippen LogP contribution >= 0.6 is 0 Å². The number of hydrogen-bond donors (Lipinski definition) is 1. The molecule has 0 spiro atoms. The fourth-order valence-electron chi connectivity index (χ4n) is 2.58. The van der Waals surface area contributed by atoms with Gasteiger partial charge in [-0.1, -0.05) is 42.5 Å². The van der Waals surface area contributed by atoms with Gasteiger partial charge in [-0.3, -0.25) is 9.59 Å². The highest BCUT2D eigenvalue weighted by molar-refractivity contribution is 5.79. The molecular formula is C22H26O5. The van der Waals surface area contributed by atoms with Crippen LogP contribution in [-0.4, -0.2) is 22.6 Å². The summed E-state index contributed by atoms with van der Waals surface area (Å²) in [7, 11) is 0. The van der Waals surface area contributed by atoms with Crippen molar-refractivity contribution >= 4 is 11.9 Å². The minimum Gasteiger partial charge on any atom is -0.489 e. The van der Waals surface area contributed by atoms with Crippen molar-refractivity contribution in [2.75, 3.05) is 0 Å². The van der Waals surface area contributed by atoms with Gasteiger partial charge in [0, 0.05) is 0 Å². The molecule has 0 amide bonds. The SMILES string of the molecule is CC(C)(C)OC(=O)C[C@@H](Cc1ccc(OCc2ccccc2)cc1)C(=O)O. The van der Waals surface area contributed by atoms with Gasteiger partial charge in [0.05, 0.1) is 12.3 Å². The lowest BCUT2D eigenvalue weighted by molar-refractivity contribution is -0.159. The van der Waals surface area contributed by atoms with Crippen molar-refractivity contribution < 1.29 is 24.2 Å². The van der Waals surface area contributed by atoms with Crippen LogP contribution in [0.15, 0.2) is 54.6 Å². The van der Waals surface area contributed by atoms with Gasteiger partial charge in [-0.15, -0.1) is 0 Å². The molecule has 0 saturated carbocycles. The van der Waals surface area contributed by atoms with Crippen LogP contribution < -0.4 is 4.74 Å². The highest BCUT2D eigenvalue weighted by atomic mass is 16.6. The molecule has 0 aliphatic heterocycles. The first-order valence-corrected chi connectivity index (χ1v) is 8.93. The van der Waals surface area contributed by atoms with E-state index in [1.54, 1.807) is 20.8 Å². The van der Waals surface area contributed by atoms with Crippen LogP contribution in [0.1, 0.15) is 38.3 Å². The molecule has 144 valence electrons. The number of rotatable bonds is 8. The lowest BCUT2D eigenvalue weighted by Gasteiger charge is -2.21. The van der Waals surface area contributed by atoms with Crippen molar-refractivity contribution in [2.24, 2.45) is 5.92 Å². The number of carbonyl (C=O) groups is 2. The Bertz CT molecular complexity index is 745. The zero-order chi connectivity index (χ0) is 19.9. The van der Waals surface area contributed by atoms with Crippen LogP contribution in [0.3, 0.4) is 0 Å². The summed E-state index contributed by atoms with van der Waals surface area (Å²) < 4.78 is 11.0. The van der Waals surface area contributed by atoms with Crippen LogP contribution in [0.2, 0.25) is 0 Å². The summed E-state index contributed by atoms with van der Waals surface area (Å²) in [4.78, 5) is 23.4. The standard InChI is InChI=1S/C22H26O5/c1-22(2,3)27-20(23)14-18(21(24)25)13-16-9-11-19(12-10-16)26-15-17-7-5-4-6-8-17/h4-12,18H,13-15H2,1-3H3,(H,24,25)/t18-/m1/s1. The quantitative estimate of drug-likeness (QED) is 0.704. The number of benzene rings is 2. The Balaban J connectivity index is 1.92. The van der Waals surface area contributed by atoms with E-state index in [0.717, 1.165) is 11.1 Å². The van der Waals surface area contributed by atoms with E-state index in [1.807, 2.05) is 54.6 Å². The fraction of sp³-hybridized carbons (Fsp3) is 0.364. The van der Waals surface area contributed by atoms with Crippen LogP contribution in [0.5, 0.6) is 5.75 Å². The van der Waals surface area contributed by atoms with Crippen molar-refractivity contribution in [3.05, 3.63) is 65.7 Å². The first-order chi connectivity index (χ1) is 12.7. The summed E-state index contributed by atoms with van der Waals surface area (Å²) >= 11 is 0. The van der Waals surface area contributed by atoms with Gasteiger partial charge in [0.15, 0.2) is 0 Å². The van der Waals surface area contributed by atoms with E-state index in [-0.39, 0.29) is 12.8 Å². The van der Waals surface area contributed by atoms with E-state index < -0.39 is 23.5 Å². The Kier molecular flexibility index (Phi) is 6.99. The molecule has 2 aromatic rings. The minimum atomic E-state index is -1.01. The van der Waals surface area contributed by atoms with Gasteiger partial charge >= 0.3 is 11.9 Å². The predicted octanol–water partition coefficient (Wildman–Crippen LogP) is 4.24. The molecule has 0 unspecified atom stereocenters. The largest absolute Gasteiger partial charge is 0.489 e. The Morgan fingerprint density at radius 3 is 2.15 bits per heavy atom. The maximum atomic E-state index is 11.9. The van der Waals surface area contributed by atoms with E-state index in [4.69, 9.17) is 9.47 Å². The first-order valence-electron chi connectivity index (χ1n) is 8.93.